The van der Waals surface area contributed by atoms with Gasteiger partial charge in [0, 0.05) is 18.1 Å². The van der Waals surface area contributed by atoms with Crippen molar-refractivity contribution >= 4 is 34.8 Å². The molecular formula is C21H26ClN3O2S. The number of halogens is 1. The van der Waals surface area contributed by atoms with Gasteiger partial charge in [-0.05, 0) is 66.0 Å². The minimum atomic E-state index is -0.616. The van der Waals surface area contributed by atoms with E-state index >= 15 is 0 Å². The maximum Gasteiger partial charge on any atom is 0.309 e. The maximum absolute atomic E-state index is 12.3. The van der Waals surface area contributed by atoms with Gasteiger partial charge >= 0.3 is 11.8 Å². The van der Waals surface area contributed by atoms with Gasteiger partial charge in [0.25, 0.3) is 0 Å². The summed E-state index contributed by atoms with van der Waals surface area (Å²) in [6.07, 6.45) is 4.87. The molecule has 0 unspecified atom stereocenters. The summed E-state index contributed by atoms with van der Waals surface area (Å²) >= 11 is 7.51. The zero-order chi connectivity index (χ0) is 19.8. The van der Waals surface area contributed by atoms with Crippen LogP contribution in [0.1, 0.15) is 42.9 Å². The number of nitrogens with one attached hydrogen (secondary N) is 2. The Bertz CT molecular complexity index is 756. The topological polar surface area (TPSA) is 61.4 Å². The first-order valence-electron chi connectivity index (χ1n) is 9.70. The van der Waals surface area contributed by atoms with Crippen LogP contribution in [0, 0.1) is 0 Å². The van der Waals surface area contributed by atoms with Crippen LogP contribution in [-0.4, -0.2) is 36.3 Å². The molecule has 150 valence electrons. The minimum Gasteiger partial charge on any atom is -0.346 e. The van der Waals surface area contributed by atoms with E-state index in [1.165, 1.54) is 31.2 Å². The predicted octanol–water partition coefficient (Wildman–Crippen LogP) is 3.75. The average molecular weight is 420 g/mol. The highest BCUT2D eigenvalue weighted by Gasteiger charge is 2.23. The van der Waals surface area contributed by atoms with Crippen LogP contribution in [0.3, 0.4) is 0 Å². The number of carbonyl (C=O) groups excluding carboxylic acids is 2. The number of rotatable bonds is 6. The van der Waals surface area contributed by atoms with Crippen molar-refractivity contribution in [1.29, 1.82) is 0 Å². The second kappa shape index (κ2) is 10.6. The van der Waals surface area contributed by atoms with Crippen molar-refractivity contribution in [2.45, 2.75) is 38.3 Å². The second-order valence-electron chi connectivity index (χ2n) is 7.04. The third-order valence-electron chi connectivity index (χ3n) is 5.04. The van der Waals surface area contributed by atoms with Crippen LogP contribution in [0.15, 0.2) is 41.1 Å². The molecule has 5 nitrogen and oxygen atoms in total. The lowest BCUT2D eigenvalue weighted by Gasteiger charge is -2.30. The van der Waals surface area contributed by atoms with Crippen LogP contribution in [-0.2, 0) is 16.1 Å². The van der Waals surface area contributed by atoms with Crippen molar-refractivity contribution in [3.8, 4) is 0 Å². The highest BCUT2D eigenvalue weighted by molar-refractivity contribution is 7.08. The summed E-state index contributed by atoms with van der Waals surface area (Å²) in [6, 6.07) is 9.38. The van der Waals surface area contributed by atoms with Crippen molar-refractivity contribution in [2.24, 2.45) is 0 Å². The molecular weight excluding hydrogens is 394 g/mol. The molecule has 0 saturated carbocycles. The van der Waals surface area contributed by atoms with Gasteiger partial charge in [-0.2, -0.15) is 11.3 Å². The molecule has 2 N–H and O–H groups in total. The van der Waals surface area contributed by atoms with Crippen LogP contribution in [0.5, 0.6) is 0 Å². The highest BCUT2D eigenvalue weighted by Crippen LogP contribution is 2.25. The van der Waals surface area contributed by atoms with Gasteiger partial charge in [-0.3, -0.25) is 14.5 Å². The van der Waals surface area contributed by atoms with E-state index in [2.05, 4.69) is 32.4 Å². The lowest BCUT2D eigenvalue weighted by molar-refractivity contribution is -0.139. The summed E-state index contributed by atoms with van der Waals surface area (Å²) in [5.41, 5.74) is 2.10. The summed E-state index contributed by atoms with van der Waals surface area (Å²) in [5.74, 6) is -1.21. The van der Waals surface area contributed by atoms with E-state index in [1.807, 2.05) is 12.1 Å². The molecule has 3 rings (SSSR count). The molecule has 0 spiro atoms. The molecule has 2 heterocycles. The van der Waals surface area contributed by atoms with E-state index in [9.17, 15) is 9.59 Å². The SMILES string of the molecule is O=C(NCc1ccc(Cl)cc1)C(=O)NC[C@@H](c1ccsc1)N1CCCCCC1. The van der Waals surface area contributed by atoms with Crippen LogP contribution in [0.4, 0.5) is 0 Å². The van der Waals surface area contributed by atoms with Crippen molar-refractivity contribution in [2.75, 3.05) is 19.6 Å². The summed E-state index contributed by atoms with van der Waals surface area (Å²) in [6.45, 7) is 2.78. The van der Waals surface area contributed by atoms with E-state index in [1.54, 1.807) is 23.5 Å². The fourth-order valence-corrected chi connectivity index (χ4v) is 4.30. The Morgan fingerprint density at radius 2 is 1.68 bits per heavy atom. The molecule has 0 aliphatic carbocycles. The van der Waals surface area contributed by atoms with Gasteiger partial charge < -0.3 is 10.6 Å². The first-order chi connectivity index (χ1) is 13.6. The minimum absolute atomic E-state index is 0.109. The molecule has 1 aromatic heterocycles. The van der Waals surface area contributed by atoms with Crippen molar-refractivity contribution in [1.82, 2.24) is 15.5 Å². The molecule has 1 aliphatic rings. The third kappa shape index (κ3) is 6.06. The van der Waals surface area contributed by atoms with Crippen LogP contribution in [0.2, 0.25) is 5.02 Å². The molecule has 7 heteroatoms. The van der Waals surface area contributed by atoms with Gasteiger partial charge in [-0.15, -0.1) is 0 Å². The summed E-state index contributed by atoms with van der Waals surface area (Å²) in [4.78, 5) is 26.9. The molecule has 0 bridgehead atoms. The lowest BCUT2D eigenvalue weighted by Crippen LogP contribution is -2.44. The number of likely N-dealkylation sites (tertiary alicyclic amines) is 1. The standard InChI is InChI=1S/C21H26ClN3O2S/c22-18-7-5-16(6-8-18)13-23-20(26)21(27)24-14-19(17-9-12-28-15-17)25-10-3-1-2-4-11-25/h5-9,12,15,19H,1-4,10-11,13-14H2,(H,23,26)(H,24,27)/t19-/m0/s1. The zero-order valence-electron chi connectivity index (χ0n) is 15.8. The van der Waals surface area contributed by atoms with E-state index in [-0.39, 0.29) is 6.04 Å². The Balaban J connectivity index is 1.53. The molecule has 28 heavy (non-hydrogen) atoms. The fraction of sp³-hybridized carbons (Fsp3) is 0.429. The predicted molar refractivity (Wildman–Crippen MR) is 113 cm³/mol. The van der Waals surface area contributed by atoms with E-state index in [0.717, 1.165) is 18.7 Å². The van der Waals surface area contributed by atoms with Crippen LogP contribution < -0.4 is 10.6 Å². The molecule has 2 amide bonds. The first kappa shape index (κ1) is 20.8. The molecule has 1 saturated heterocycles. The van der Waals surface area contributed by atoms with Crippen LogP contribution >= 0.6 is 22.9 Å². The second-order valence-corrected chi connectivity index (χ2v) is 8.26. The van der Waals surface area contributed by atoms with Gasteiger partial charge in [0.15, 0.2) is 0 Å². The Hall–Kier alpha value is -1.89. The van der Waals surface area contributed by atoms with Gasteiger partial charge in [0.1, 0.15) is 0 Å². The quantitative estimate of drug-likeness (QED) is 0.701. The number of hydrogen-bond donors (Lipinski definition) is 2. The smallest absolute Gasteiger partial charge is 0.309 e. The molecule has 1 atom stereocenters. The van der Waals surface area contributed by atoms with E-state index in [0.29, 0.717) is 18.1 Å². The Morgan fingerprint density at radius 1 is 1.00 bits per heavy atom. The third-order valence-corrected chi connectivity index (χ3v) is 5.99. The van der Waals surface area contributed by atoms with E-state index < -0.39 is 11.8 Å². The monoisotopic (exact) mass is 419 g/mol. The normalized spacial score (nSPS) is 16.2. The summed E-state index contributed by atoms with van der Waals surface area (Å²) in [5, 5.41) is 10.3. The number of hydrogen-bond acceptors (Lipinski definition) is 4. The molecule has 1 fully saturated rings. The number of benzene rings is 1. The summed E-state index contributed by atoms with van der Waals surface area (Å²) < 4.78 is 0. The number of amides is 2. The number of carbonyl (C=O) groups is 2. The van der Waals surface area contributed by atoms with Crippen molar-refractivity contribution in [3.05, 3.63) is 57.2 Å². The molecule has 2 aromatic rings. The zero-order valence-corrected chi connectivity index (χ0v) is 17.4. The van der Waals surface area contributed by atoms with E-state index in [4.69, 9.17) is 11.6 Å². The number of thiophene rings is 1. The largest absolute Gasteiger partial charge is 0.346 e. The average Bonchev–Trinajstić information content (AvgIpc) is 3.10. The van der Waals surface area contributed by atoms with Crippen molar-refractivity contribution < 1.29 is 9.59 Å². The number of nitrogens with zero attached hydrogens (tertiary/aromatic N) is 1. The highest BCUT2D eigenvalue weighted by atomic mass is 35.5. The molecule has 0 radical (unpaired) electrons. The van der Waals surface area contributed by atoms with Gasteiger partial charge in [0.05, 0.1) is 6.04 Å². The van der Waals surface area contributed by atoms with Gasteiger partial charge in [-0.1, -0.05) is 36.6 Å². The van der Waals surface area contributed by atoms with Gasteiger partial charge in [-0.25, -0.2) is 0 Å². The Kier molecular flexibility index (Phi) is 7.89. The van der Waals surface area contributed by atoms with Crippen LogP contribution in [0.25, 0.3) is 0 Å². The first-order valence-corrected chi connectivity index (χ1v) is 11.0. The Morgan fingerprint density at radius 3 is 2.32 bits per heavy atom. The lowest BCUT2D eigenvalue weighted by atomic mass is 10.1. The maximum atomic E-state index is 12.3. The fourth-order valence-electron chi connectivity index (χ4n) is 3.46. The van der Waals surface area contributed by atoms with Gasteiger partial charge in [0.2, 0.25) is 0 Å². The Labute approximate surface area is 175 Å². The summed E-state index contributed by atoms with van der Waals surface area (Å²) in [7, 11) is 0. The van der Waals surface area contributed by atoms with Crippen molar-refractivity contribution in [3.63, 3.8) is 0 Å². The molecule has 1 aromatic carbocycles. The molecule has 1 aliphatic heterocycles.